The van der Waals surface area contributed by atoms with Crippen LogP contribution in [-0.4, -0.2) is 57.8 Å². The fourth-order valence-corrected chi connectivity index (χ4v) is 4.05. The first-order chi connectivity index (χ1) is 15.3. The molecular weight excluding hydrogens is 410 g/mol. The highest BCUT2D eigenvalue weighted by Crippen LogP contribution is 2.16. The number of carbonyl (C=O) groups is 1. The molecule has 8 heteroatoms. The van der Waals surface area contributed by atoms with Crippen LogP contribution < -0.4 is 10.1 Å². The Kier molecular flexibility index (Phi) is 10.3. The van der Waals surface area contributed by atoms with Gasteiger partial charge in [-0.1, -0.05) is 24.3 Å². The minimum absolute atomic E-state index is 0.0484. The van der Waals surface area contributed by atoms with Crippen LogP contribution in [0.5, 0.6) is 5.88 Å². The zero-order valence-corrected chi connectivity index (χ0v) is 18.7. The highest BCUT2D eigenvalue weighted by molar-refractivity contribution is 7.99. The number of aromatic nitrogens is 3. The molecule has 1 aliphatic rings. The summed E-state index contributed by atoms with van der Waals surface area (Å²) in [6.45, 7) is 4.24. The first-order valence-corrected chi connectivity index (χ1v) is 11.9. The lowest BCUT2D eigenvalue weighted by molar-refractivity contribution is -0.120. The van der Waals surface area contributed by atoms with Crippen LogP contribution in [0.4, 0.5) is 0 Å². The van der Waals surface area contributed by atoms with E-state index >= 15 is 0 Å². The van der Waals surface area contributed by atoms with Gasteiger partial charge in [-0.3, -0.25) is 9.69 Å². The molecule has 2 aromatic heterocycles. The number of thioether (sulfide) groups is 1. The van der Waals surface area contributed by atoms with Crippen LogP contribution >= 0.6 is 11.8 Å². The molecule has 0 aromatic carbocycles. The second kappa shape index (κ2) is 13.8. The van der Waals surface area contributed by atoms with Crippen LogP contribution in [0.1, 0.15) is 37.7 Å². The lowest BCUT2D eigenvalue weighted by atomic mass is 10.1. The van der Waals surface area contributed by atoms with Crippen molar-refractivity contribution >= 4 is 17.7 Å². The predicted octanol–water partition coefficient (Wildman–Crippen LogP) is 3.48. The molecular formula is C23H31N5O2S. The van der Waals surface area contributed by atoms with E-state index in [4.69, 9.17) is 4.74 Å². The van der Waals surface area contributed by atoms with E-state index in [1.54, 1.807) is 36.4 Å². The Balaban J connectivity index is 1.24. The molecule has 7 nitrogen and oxygen atoms in total. The van der Waals surface area contributed by atoms with Gasteiger partial charge in [0.05, 0.1) is 0 Å². The smallest absolute Gasteiger partial charge is 0.220 e. The average Bonchev–Trinajstić information content (AvgIpc) is 2.81. The van der Waals surface area contributed by atoms with Gasteiger partial charge in [0, 0.05) is 49.9 Å². The summed E-state index contributed by atoms with van der Waals surface area (Å²) in [7, 11) is 0. The molecule has 31 heavy (non-hydrogen) atoms. The van der Waals surface area contributed by atoms with E-state index in [2.05, 4.69) is 31.2 Å². The predicted molar refractivity (Wildman–Crippen MR) is 123 cm³/mol. The maximum Gasteiger partial charge on any atom is 0.220 e. The van der Waals surface area contributed by atoms with Gasteiger partial charge in [0.1, 0.15) is 6.61 Å². The number of amides is 1. The van der Waals surface area contributed by atoms with E-state index in [9.17, 15) is 4.79 Å². The minimum Gasteiger partial charge on any atom is -0.473 e. The molecule has 1 aliphatic heterocycles. The third-order valence-corrected chi connectivity index (χ3v) is 5.85. The van der Waals surface area contributed by atoms with Crippen LogP contribution in [0.2, 0.25) is 0 Å². The van der Waals surface area contributed by atoms with Crippen LogP contribution in [0.3, 0.4) is 0 Å². The SMILES string of the molecule is O=C(CCCSc1ncccn1)NCC=CCOc1cc(CN2CCCCC2)ccn1. The molecule has 1 fully saturated rings. The lowest BCUT2D eigenvalue weighted by Gasteiger charge is -2.26. The van der Waals surface area contributed by atoms with Gasteiger partial charge in [-0.25, -0.2) is 15.0 Å². The normalized spacial score (nSPS) is 14.6. The van der Waals surface area contributed by atoms with Gasteiger partial charge in [-0.05, 0) is 56.1 Å². The number of nitrogens with one attached hydrogen (secondary N) is 1. The molecule has 0 saturated carbocycles. The average molecular weight is 442 g/mol. The van der Waals surface area contributed by atoms with Crippen molar-refractivity contribution in [1.29, 1.82) is 0 Å². The van der Waals surface area contributed by atoms with Crippen LogP contribution in [0.25, 0.3) is 0 Å². The zero-order valence-electron chi connectivity index (χ0n) is 17.9. The van der Waals surface area contributed by atoms with E-state index in [-0.39, 0.29) is 5.91 Å². The van der Waals surface area contributed by atoms with Gasteiger partial charge < -0.3 is 10.1 Å². The molecule has 3 heterocycles. The van der Waals surface area contributed by atoms with Crippen molar-refractivity contribution in [2.45, 2.75) is 43.8 Å². The first-order valence-electron chi connectivity index (χ1n) is 10.9. The fourth-order valence-electron chi connectivity index (χ4n) is 3.31. The van der Waals surface area contributed by atoms with E-state index in [0.717, 1.165) is 23.9 Å². The Morgan fingerprint density at radius 2 is 1.97 bits per heavy atom. The molecule has 0 unspecified atom stereocenters. The number of carbonyl (C=O) groups excluding carboxylic acids is 1. The molecule has 1 amide bonds. The van der Waals surface area contributed by atoms with E-state index in [0.29, 0.717) is 25.5 Å². The standard InChI is InChI=1S/C23H31N5O2S/c29-21(8-6-17-31-23-26-11-7-12-27-23)24-10-2-5-16-30-22-18-20(9-13-25-22)19-28-14-3-1-4-15-28/h2,5,7,9,11-13,18H,1,3-4,6,8,10,14-17,19H2,(H,24,29). The van der Waals surface area contributed by atoms with E-state index in [1.165, 1.54) is 37.9 Å². The lowest BCUT2D eigenvalue weighted by Crippen LogP contribution is -2.29. The maximum absolute atomic E-state index is 11.9. The van der Waals surface area contributed by atoms with Crippen molar-refractivity contribution in [2.24, 2.45) is 0 Å². The highest BCUT2D eigenvalue weighted by Gasteiger charge is 2.10. The summed E-state index contributed by atoms with van der Waals surface area (Å²) in [6.07, 6.45) is 14.3. The van der Waals surface area contributed by atoms with Crippen molar-refractivity contribution < 1.29 is 9.53 Å². The van der Waals surface area contributed by atoms with Crippen molar-refractivity contribution in [3.63, 3.8) is 0 Å². The topological polar surface area (TPSA) is 80.2 Å². The zero-order chi connectivity index (χ0) is 21.6. The van der Waals surface area contributed by atoms with Gasteiger partial charge >= 0.3 is 0 Å². The summed E-state index contributed by atoms with van der Waals surface area (Å²) in [6, 6.07) is 5.86. The molecule has 0 atom stereocenters. The summed E-state index contributed by atoms with van der Waals surface area (Å²) in [5, 5.41) is 3.64. The summed E-state index contributed by atoms with van der Waals surface area (Å²) in [5.41, 5.74) is 1.24. The number of hydrogen-bond donors (Lipinski definition) is 1. The monoisotopic (exact) mass is 441 g/mol. The molecule has 166 valence electrons. The van der Waals surface area contributed by atoms with Crippen LogP contribution in [0.15, 0.2) is 54.1 Å². The molecule has 3 rings (SSSR count). The second-order valence-electron chi connectivity index (χ2n) is 7.41. The summed E-state index contributed by atoms with van der Waals surface area (Å²) >= 11 is 1.56. The Labute approximate surface area is 188 Å². The van der Waals surface area contributed by atoms with Crippen LogP contribution in [0, 0.1) is 0 Å². The van der Waals surface area contributed by atoms with Gasteiger partial charge in [-0.2, -0.15) is 0 Å². The summed E-state index contributed by atoms with van der Waals surface area (Å²) < 4.78 is 5.72. The third-order valence-electron chi connectivity index (χ3n) is 4.89. The van der Waals surface area contributed by atoms with Crippen molar-refractivity contribution in [3.05, 3.63) is 54.5 Å². The summed E-state index contributed by atoms with van der Waals surface area (Å²) in [5.74, 6) is 1.51. The second-order valence-corrected chi connectivity index (χ2v) is 8.47. The number of rotatable bonds is 12. The first kappa shape index (κ1) is 23.2. The van der Waals surface area contributed by atoms with Gasteiger partial charge in [0.2, 0.25) is 11.8 Å². The van der Waals surface area contributed by atoms with Crippen LogP contribution in [-0.2, 0) is 11.3 Å². The number of hydrogen-bond acceptors (Lipinski definition) is 7. The molecule has 0 aliphatic carbocycles. The minimum atomic E-state index is 0.0484. The quantitative estimate of drug-likeness (QED) is 0.234. The van der Waals surface area contributed by atoms with Gasteiger partial charge in [0.25, 0.3) is 0 Å². The number of piperidine rings is 1. The Morgan fingerprint density at radius 1 is 1.13 bits per heavy atom. The van der Waals surface area contributed by atoms with E-state index in [1.807, 2.05) is 18.2 Å². The Bertz CT molecular complexity index is 813. The Morgan fingerprint density at radius 3 is 2.81 bits per heavy atom. The number of ether oxygens (including phenoxy) is 1. The number of likely N-dealkylation sites (tertiary alicyclic amines) is 1. The van der Waals surface area contributed by atoms with Gasteiger partial charge in [-0.15, -0.1) is 0 Å². The highest BCUT2D eigenvalue weighted by atomic mass is 32.2. The van der Waals surface area contributed by atoms with Crippen molar-refractivity contribution in [3.8, 4) is 5.88 Å². The molecule has 0 radical (unpaired) electrons. The van der Waals surface area contributed by atoms with Crippen molar-refractivity contribution in [2.75, 3.05) is 32.0 Å². The summed E-state index contributed by atoms with van der Waals surface area (Å²) in [4.78, 5) is 27.0. The largest absolute Gasteiger partial charge is 0.473 e. The third kappa shape index (κ3) is 9.48. The Hall–Kier alpha value is -2.45. The fraction of sp³-hybridized carbons (Fsp3) is 0.478. The molecule has 0 spiro atoms. The molecule has 1 saturated heterocycles. The molecule has 0 bridgehead atoms. The van der Waals surface area contributed by atoms with Crippen molar-refractivity contribution in [1.82, 2.24) is 25.2 Å². The molecule has 1 N–H and O–H groups in total. The maximum atomic E-state index is 11.9. The van der Waals surface area contributed by atoms with Gasteiger partial charge in [0.15, 0.2) is 5.16 Å². The van der Waals surface area contributed by atoms with E-state index < -0.39 is 0 Å². The number of nitrogens with zero attached hydrogens (tertiary/aromatic N) is 4. The molecule has 2 aromatic rings. The number of pyridine rings is 1.